The molecule has 0 aromatic heterocycles. The largest absolute Gasteiger partial charge is 0.459 e. The first-order valence-corrected chi connectivity index (χ1v) is 25.6. The van der Waals surface area contributed by atoms with Gasteiger partial charge in [-0.25, -0.2) is 14.4 Å². The first kappa shape index (κ1) is 59.1. The molecule has 4 aliphatic rings. The lowest BCUT2D eigenvalue weighted by atomic mass is 9.83. The highest BCUT2D eigenvalue weighted by molar-refractivity contribution is 5.96. The predicted octanol–water partition coefficient (Wildman–Crippen LogP) is 7.20. The number of rotatable bonds is 9. The van der Waals surface area contributed by atoms with Crippen molar-refractivity contribution >= 4 is 17.9 Å². The summed E-state index contributed by atoms with van der Waals surface area (Å²) >= 11 is 0. The zero-order chi connectivity index (χ0) is 51.7. The maximum Gasteiger partial charge on any atom is 0.334 e. The van der Waals surface area contributed by atoms with E-state index >= 15 is 0 Å². The number of aliphatic hydroxyl groups excluding tert-OH is 4. The summed E-state index contributed by atoms with van der Waals surface area (Å²) in [4.78, 5) is 42.1. The molecule has 15 heteroatoms. The number of hydrogen-bond acceptors (Lipinski definition) is 15. The van der Waals surface area contributed by atoms with E-state index in [2.05, 4.69) is 13.8 Å². The van der Waals surface area contributed by atoms with Crippen LogP contribution in [0.25, 0.3) is 0 Å². The number of allylic oxidation sites excluding steroid dienone is 4. The summed E-state index contributed by atoms with van der Waals surface area (Å²) in [7, 11) is 4.66. The molecule has 1 spiro atoms. The fourth-order valence-corrected chi connectivity index (χ4v) is 9.78. The lowest BCUT2D eigenvalue weighted by Crippen LogP contribution is -2.52. The molecule has 0 aromatic rings. The maximum absolute atomic E-state index is 14.1. The van der Waals surface area contributed by atoms with Gasteiger partial charge in [-0.2, -0.15) is 0 Å². The van der Waals surface area contributed by atoms with Gasteiger partial charge in [-0.05, 0) is 38.5 Å². The van der Waals surface area contributed by atoms with Crippen LogP contribution in [0.1, 0.15) is 120 Å². The smallest absolute Gasteiger partial charge is 0.334 e. The SMILES string of the molecule is CCC[C@@H](C)[C@@H]1O[C@H]1[C@H](OC)[C@H](C)[C@H]1CCC[C@]2(C[C@H]3OC(=O)C=C(C)C(=O)O[C@@H](C[C@H](O)[C@@H](C)C=C[C@H](OC)C[C@H](O)[C@@H](C)C=CC(=O)O2)[C@@H](OC)CC=CC=CC=C[C@@H](C)[C@@H](O)C[C@H](O)[C@@H]3C)O1. The third-order valence-corrected chi connectivity index (χ3v) is 14.8. The lowest BCUT2D eigenvalue weighted by molar-refractivity contribution is -0.289. The molecule has 0 radical (unpaired) electrons. The fraction of sp³-hybridized carbons (Fsp3) is 0.727. The van der Waals surface area contributed by atoms with Crippen molar-refractivity contribution in [3.8, 4) is 0 Å². The second kappa shape index (κ2) is 28.7. The molecule has 4 N–H and O–H groups in total. The summed E-state index contributed by atoms with van der Waals surface area (Å²) in [5, 5.41) is 46.0. The number of methoxy groups -OCH3 is 3. The first-order valence-electron chi connectivity index (χ1n) is 25.6. The molecule has 396 valence electrons. The van der Waals surface area contributed by atoms with Crippen LogP contribution in [-0.4, -0.2) is 139 Å². The monoisotopic (exact) mass is 987 g/mol. The summed E-state index contributed by atoms with van der Waals surface area (Å²) in [5.41, 5.74) is -0.0959. The molecule has 0 aromatic carbocycles. The summed E-state index contributed by atoms with van der Waals surface area (Å²) in [6, 6.07) is 0. The molecule has 4 aliphatic heterocycles. The van der Waals surface area contributed by atoms with Crippen LogP contribution < -0.4 is 0 Å². The molecule has 0 unspecified atom stereocenters. The normalized spacial score (nSPS) is 38.5. The average molecular weight is 987 g/mol. The van der Waals surface area contributed by atoms with Gasteiger partial charge in [0, 0.05) is 94.3 Å². The number of fused-ring (bicyclic) bond motifs is 6. The summed E-state index contributed by atoms with van der Waals surface area (Å²) in [5.74, 6) is -6.35. The van der Waals surface area contributed by atoms with E-state index in [0.717, 1.165) is 18.9 Å². The molecule has 2 saturated heterocycles. The van der Waals surface area contributed by atoms with E-state index < -0.39 is 96.4 Å². The lowest BCUT2D eigenvalue weighted by Gasteiger charge is -2.45. The molecule has 4 rings (SSSR count). The van der Waals surface area contributed by atoms with Crippen LogP contribution in [0.4, 0.5) is 0 Å². The highest BCUT2D eigenvalue weighted by Gasteiger charge is 2.53. The van der Waals surface area contributed by atoms with E-state index in [9.17, 15) is 34.8 Å². The van der Waals surface area contributed by atoms with Gasteiger partial charge in [-0.15, -0.1) is 0 Å². The van der Waals surface area contributed by atoms with Crippen LogP contribution in [0.15, 0.2) is 72.4 Å². The molecule has 4 heterocycles. The maximum atomic E-state index is 14.1. The highest BCUT2D eigenvalue weighted by atomic mass is 16.7. The number of carbonyl (C=O) groups excluding carboxylic acids is 3. The topological polar surface area (TPSA) is 209 Å². The van der Waals surface area contributed by atoms with E-state index in [0.29, 0.717) is 25.2 Å². The summed E-state index contributed by atoms with van der Waals surface area (Å²) in [6.07, 6.45) is 13.3. The zero-order valence-electron chi connectivity index (χ0n) is 43.6. The van der Waals surface area contributed by atoms with E-state index in [1.165, 1.54) is 27.2 Å². The van der Waals surface area contributed by atoms with Crippen molar-refractivity contribution < 1.29 is 72.7 Å². The van der Waals surface area contributed by atoms with Gasteiger partial charge in [0.15, 0.2) is 0 Å². The van der Waals surface area contributed by atoms with Gasteiger partial charge in [0.05, 0.1) is 61.4 Å². The van der Waals surface area contributed by atoms with Crippen molar-refractivity contribution in [2.24, 2.45) is 35.5 Å². The molecule has 0 amide bonds. The summed E-state index contributed by atoms with van der Waals surface area (Å²) in [6.45, 7) is 14.9. The number of epoxide rings is 1. The van der Waals surface area contributed by atoms with Gasteiger partial charge >= 0.3 is 17.9 Å². The molecule has 19 atom stereocenters. The molecule has 0 saturated carbocycles. The minimum absolute atomic E-state index is 0.0210. The van der Waals surface area contributed by atoms with E-state index in [1.54, 1.807) is 51.3 Å². The predicted molar refractivity (Wildman–Crippen MR) is 265 cm³/mol. The third kappa shape index (κ3) is 17.6. The number of hydrogen-bond donors (Lipinski definition) is 4. The van der Waals surface area contributed by atoms with Gasteiger partial charge in [0.2, 0.25) is 5.79 Å². The number of aliphatic hydroxyl groups is 4. The van der Waals surface area contributed by atoms with Gasteiger partial charge < -0.3 is 58.3 Å². The van der Waals surface area contributed by atoms with Crippen molar-refractivity contribution in [1.82, 2.24) is 0 Å². The Balaban J connectivity index is 1.85. The Morgan fingerprint density at radius 2 is 1.43 bits per heavy atom. The van der Waals surface area contributed by atoms with Crippen LogP contribution in [0, 0.1) is 35.5 Å². The zero-order valence-corrected chi connectivity index (χ0v) is 43.6. The molecule has 2 bridgehead atoms. The standard InChI is InChI=1S/C55H86O15/c1-12-19-36(5)51-53(68-51)52(65-11)39(8)45-22-18-27-55(69-45)32-48-38(7)44(59)30-42(57)33(2)20-16-14-13-15-17-21-46(64-10)47(67-54(62)37(6)28-50(61)66-48)31-43(58)34(3)23-25-40(63-9)29-41(56)35(4)24-26-49(60)70-55/h13-17,20,23-26,28,33-36,38-48,51-53,56-59H,12,18-19,21-22,27,29-32H2,1-11H3/t33-,34+,35+,36-,38+,39-,40+,41+,42+,43+,44+,45-,46+,47+,48-,51+,52-,53-,55+/m1/s1. The Hall–Kier alpha value is -3.51. The van der Waals surface area contributed by atoms with Gasteiger partial charge in [0.1, 0.15) is 18.3 Å². The Morgan fingerprint density at radius 1 is 0.757 bits per heavy atom. The minimum Gasteiger partial charge on any atom is -0.459 e. The van der Waals surface area contributed by atoms with Gasteiger partial charge in [-0.1, -0.05) is 110 Å². The summed E-state index contributed by atoms with van der Waals surface area (Å²) < 4.78 is 49.4. The number of carbonyl (C=O) groups is 3. The molecular formula is C55H86O15. The van der Waals surface area contributed by atoms with E-state index in [4.69, 9.17) is 37.9 Å². The van der Waals surface area contributed by atoms with Crippen molar-refractivity contribution in [3.63, 3.8) is 0 Å². The van der Waals surface area contributed by atoms with Crippen molar-refractivity contribution in [1.29, 1.82) is 0 Å². The number of ether oxygens (including phenoxy) is 8. The van der Waals surface area contributed by atoms with Crippen LogP contribution in [0.2, 0.25) is 0 Å². The first-order chi connectivity index (χ1) is 33.3. The van der Waals surface area contributed by atoms with Gasteiger partial charge in [-0.3, -0.25) is 0 Å². The number of esters is 3. The highest BCUT2D eigenvalue weighted by Crippen LogP contribution is 2.44. The average Bonchev–Trinajstić information content (AvgIpc) is 4.12. The Labute approximate surface area is 417 Å². The van der Waals surface area contributed by atoms with Crippen LogP contribution in [-0.2, 0) is 52.3 Å². The molecular weight excluding hydrogens is 901 g/mol. The van der Waals surface area contributed by atoms with E-state index in [-0.39, 0.29) is 67.8 Å². The van der Waals surface area contributed by atoms with E-state index in [1.807, 2.05) is 45.1 Å². The van der Waals surface area contributed by atoms with Crippen LogP contribution in [0.3, 0.4) is 0 Å². The Kier molecular flexibility index (Phi) is 24.2. The molecule has 2 fully saturated rings. The second-order valence-electron chi connectivity index (χ2n) is 20.4. The molecule has 70 heavy (non-hydrogen) atoms. The van der Waals surface area contributed by atoms with Crippen molar-refractivity contribution in [2.45, 2.75) is 199 Å². The Bertz CT molecular complexity index is 1820. The molecule has 15 nitrogen and oxygen atoms in total. The quantitative estimate of drug-likeness (QED) is 0.0780. The van der Waals surface area contributed by atoms with Crippen LogP contribution >= 0.6 is 0 Å². The third-order valence-electron chi connectivity index (χ3n) is 14.8. The molecule has 0 aliphatic carbocycles. The second-order valence-corrected chi connectivity index (χ2v) is 20.4. The fourth-order valence-electron chi connectivity index (χ4n) is 9.78. The van der Waals surface area contributed by atoms with Crippen molar-refractivity contribution in [2.75, 3.05) is 21.3 Å². The van der Waals surface area contributed by atoms with Crippen LogP contribution in [0.5, 0.6) is 0 Å². The van der Waals surface area contributed by atoms with Gasteiger partial charge in [0.25, 0.3) is 0 Å². The van der Waals surface area contributed by atoms with Crippen molar-refractivity contribution in [3.05, 3.63) is 72.4 Å². The Morgan fingerprint density at radius 3 is 2.11 bits per heavy atom. The minimum atomic E-state index is -1.70.